The summed E-state index contributed by atoms with van der Waals surface area (Å²) >= 11 is 3.52. The lowest BCUT2D eigenvalue weighted by molar-refractivity contribution is -0.141. The fourth-order valence-corrected chi connectivity index (χ4v) is 4.43. The van der Waals surface area contributed by atoms with Crippen molar-refractivity contribution in [3.63, 3.8) is 0 Å². The van der Waals surface area contributed by atoms with Crippen LogP contribution < -0.4 is 14.8 Å². The van der Waals surface area contributed by atoms with Crippen LogP contribution >= 0.6 is 15.9 Å². The molecule has 0 saturated carbocycles. The number of carbonyl (C=O) groups excluding carboxylic acids is 2. The van der Waals surface area contributed by atoms with E-state index in [0.717, 1.165) is 33.5 Å². The van der Waals surface area contributed by atoms with Gasteiger partial charge in [-0.15, -0.1) is 0 Å². The van der Waals surface area contributed by atoms with Gasteiger partial charge in [0.05, 0.1) is 13.7 Å². The Kier molecular flexibility index (Phi) is 11.5. The number of amides is 2. The van der Waals surface area contributed by atoms with E-state index in [4.69, 9.17) is 9.47 Å². The summed E-state index contributed by atoms with van der Waals surface area (Å²) in [6, 6.07) is 24.4. The average Bonchev–Trinajstić information content (AvgIpc) is 2.92. The number of hydrogen-bond donors (Lipinski definition) is 1. The fourth-order valence-electron chi connectivity index (χ4n) is 3.98. The summed E-state index contributed by atoms with van der Waals surface area (Å²) in [6.45, 7) is 3.32. The third-order valence-corrected chi connectivity index (χ3v) is 6.42. The second-order valence-corrected chi connectivity index (χ2v) is 9.69. The predicted octanol–water partition coefficient (Wildman–Crippen LogP) is 5.78. The molecule has 1 atom stereocenters. The zero-order valence-corrected chi connectivity index (χ0v) is 23.1. The summed E-state index contributed by atoms with van der Waals surface area (Å²) in [4.78, 5) is 28.6. The first kappa shape index (κ1) is 28.3. The van der Waals surface area contributed by atoms with Gasteiger partial charge in [-0.2, -0.15) is 0 Å². The Morgan fingerprint density at radius 3 is 2.32 bits per heavy atom. The van der Waals surface area contributed by atoms with Gasteiger partial charge in [0, 0.05) is 30.4 Å². The smallest absolute Gasteiger partial charge is 0.243 e. The molecule has 7 heteroatoms. The molecule has 0 heterocycles. The van der Waals surface area contributed by atoms with Gasteiger partial charge < -0.3 is 19.7 Å². The van der Waals surface area contributed by atoms with E-state index in [1.165, 1.54) is 0 Å². The maximum Gasteiger partial charge on any atom is 0.243 e. The zero-order valence-electron chi connectivity index (χ0n) is 21.5. The Hall–Kier alpha value is -3.32. The molecule has 0 aliphatic rings. The Morgan fingerprint density at radius 2 is 1.65 bits per heavy atom. The second-order valence-electron chi connectivity index (χ2n) is 8.78. The highest BCUT2D eigenvalue weighted by Gasteiger charge is 2.30. The Balaban J connectivity index is 1.75. The van der Waals surface area contributed by atoms with Crippen molar-refractivity contribution in [2.45, 2.75) is 45.2 Å². The summed E-state index contributed by atoms with van der Waals surface area (Å²) in [5, 5.41) is 3.01. The number of hydrogen-bond acceptors (Lipinski definition) is 4. The monoisotopic (exact) mass is 566 g/mol. The summed E-state index contributed by atoms with van der Waals surface area (Å²) in [5.41, 5.74) is 1.97. The minimum atomic E-state index is -0.622. The van der Waals surface area contributed by atoms with Crippen molar-refractivity contribution in [1.82, 2.24) is 10.2 Å². The Labute approximate surface area is 228 Å². The molecule has 0 aliphatic carbocycles. The van der Waals surface area contributed by atoms with Gasteiger partial charge in [0.25, 0.3) is 0 Å². The topological polar surface area (TPSA) is 67.9 Å². The van der Waals surface area contributed by atoms with E-state index in [1.807, 2.05) is 85.8 Å². The number of halogens is 1. The summed E-state index contributed by atoms with van der Waals surface area (Å²) < 4.78 is 11.9. The van der Waals surface area contributed by atoms with Gasteiger partial charge in [0.1, 0.15) is 17.5 Å². The highest BCUT2D eigenvalue weighted by molar-refractivity contribution is 9.10. The standard InChI is InChI=1S/C30H35BrN2O4/c1-3-18-32-30(35)28(21-23-9-5-4-6-10-23)33(22-24-11-7-12-25(31)20-24)29(34)13-8-19-37-27-16-14-26(36-2)15-17-27/h4-7,9-12,14-17,20,28H,3,8,13,18-19,21-22H2,1-2H3,(H,32,35)/t28-/m0/s1. The first-order valence-electron chi connectivity index (χ1n) is 12.6. The van der Waals surface area contributed by atoms with E-state index in [9.17, 15) is 9.59 Å². The first-order valence-corrected chi connectivity index (χ1v) is 13.4. The van der Waals surface area contributed by atoms with Crippen molar-refractivity contribution in [2.75, 3.05) is 20.3 Å². The predicted molar refractivity (Wildman–Crippen MR) is 150 cm³/mol. The van der Waals surface area contributed by atoms with Crippen LogP contribution in [0.3, 0.4) is 0 Å². The number of nitrogens with zero attached hydrogens (tertiary/aromatic N) is 1. The molecule has 2 amide bonds. The lowest BCUT2D eigenvalue weighted by Crippen LogP contribution is -2.50. The molecule has 0 unspecified atom stereocenters. The van der Waals surface area contributed by atoms with Gasteiger partial charge in [-0.1, -0.05) is 65.3 Å². The number of nitrogens with one attached hydrogen (secondary N) is 1. The SMILES string of the molecule is CCCNC(=O)[C@H](Cc1ccccc1)N(Cc1cccc(Br)c1)C(=O)CCCOc1ccc(OC)cc1. The molecule has 37 heavy (non-hydrogen) atoms. The van der Waals surface area contributed by atoms with E-state index in [0.29, 0.717) is 32.5 Å². The van der Waals surface area contributed by atoms with Gasteiger partial charge >= 0.3 is 0 Å². The van der Waals surface area contributed by atoms with E-state index >= 15 is 0 Å². The van der Waals surface area contributed by atoms with E-state index < -0.39 is 6.04 Å². The first-order chi connectivity index (χ1) is 18.0. The maximum atomic E-state index is 13.6. The molecule has 0 fully saturated rings. The molecule has 0 bridgehead atoms. The van der Waals surface area contributed by atoms with Crippen LogP contribution in [-0.4, -0.2) is 43.0 Å². The molecule has 196 valence electrons. The van der Waals surface area contributed by atoms with Gasteiger partial charge in [0.15, 0.2) is 0 Å². The van der Waals surface area contributed by atoms with Crippen molar-refractivity contribution in [3.05, 3.63) is 94.5 Å². The van der Waals surface area contributed by atoms with Crippen LogP contribution in [0.1, 0.15) is 37.3 Å². The molecule has 3 aromatic rings. The van der Waals surface area contributed by atoms with Gasteiger partial charge in [0.2, 0.25) is 11.8 Å². The maximum absolute atomic E-state index is 13.6. The van der Waals surface area contributed by atoms with Crippen molar-refractivity contribution in [3.8, 4) is 11.5 Å². The summed E-state index contributed by atoms with van der Waals surface area (Å²) in [7, 11) is 1.62. The minimum absolute atomic E-state index is 0.0779. The Morgan fingerprint density at radius 1 is 0.946 bits per heavy atom. The van der Waals surface area contributed by atoms with Gasteiger partial charge in [-0.05, 0) is 60.4 Å². The van der Waals surface area contributed by atoms with Crippen LogP contribution in [0, 0.1) is 0 Å². The summed E-state index contributed by atoms with van der Waals surface area (Å²) in [5.74, 6) is 1.27. The number of benzene rings is 3. The molecule has 0 saturated heterocycles. The zero-order chi connectivity index (χ0) is 26.5. The number of rotatable bonds is 14. The molecule has 0 radical (unpaired) electrons. The molecule has 0 spiro atoms. The molecular weight excluding hydrogens is 532 g/mol. The van der Waals surface area contributed by atoms with Crippen LogP contribution in [0.2, 0.25) is 0 Å². The summed E-state index contributed by atoms with van der Waals surface area (Å²) in [6.07, 6.45) is 2.08. The van der Waals surface area contributed by atoms with E-state index in [1.54, 1.807) is 12.0 Å². The fraction of sp³-hybridized carbons (Fsp3) is 0.333. The quantitative estimate of drug-likeness (QED) is 0.251. The van der Waals surface area contributed by atoms with Gasteiger partial charge in [-0.25, -0.2) is 0 Å². The van der Waals surface area contributed by atoms with Crippen LogP contribution in [0.4, 0.5) is 0 Å². The van der Waals surface area contributed by atoms with Crippen molar-refractivity contribution >= 4 is 27.7 Å². The Bertz CT molecular complexity index is 1120. The molecular formula is C30H35BrN2O4. The molecule has 3 rings (SSSR count). The highest BCUT2D eigenvalue weighted by Crippen LogP contribution is 2.20. The highest BCUT2D eigenvalue weighted by atomic mass is 79.9. The van der Waals surface area contributed by atoms with Crippen LogP contribution in [0.15, 0.2) is 83.3 Å². The van der Waals surface area contributed by atoms with Crippen LogP contribution in [0.5, 0.6) is 11.5 Å². The van der Waals surface area contributed by atoms with Crippen molar-refractivity contribution in [2.24, 2.45) is 0 Å². The largest absolute Gasteiger partial charge is 0.497 e. The average molecular weight is 568 g/mol. The third kappa shape index (κ3) is 9.25. The lowest BCUT2D eigenvalue weighted by Gasteiger charge is -2.31. The van der Waals surface area contributed by atoms with Crippen molar-refractivity contribution in [1.29, 1.82) is 0 Å². The van der Waals surface area contributed by atoms with Crippen LogP contribution in [-0.2, 0) is 22.6 Å². The van der Waals surface area contributed by atoms with E-state index in [-0.39, 0.29) is 18.2 Å². The molecule has 0 aliphatic heterocycles. The van der Waals surface area contributed by atoms with E-state index in [2.05, 4.69) is 21.2 Å². The minimum Gasteiger partial charge on any atom is -0.497 e. The van der Waals surface area contributed by atoms with Gasteiger partial charge in [-0.3, -0.25) is 9.59 Å². The molecule has 0 aromatic heterocycles. The van der Waals surface area contributed by atoms with Crippen molar-refractivity contribution < 1.29 is 19.1 Å². The second kappa shape index (κ2) is 15.1. The van der Waals surface area contributed by atoms with Crippen LogP contribution in [0.25, 0.3) is 0 Å². The molecule has 1 N–H and O–H groups in total. The third-order valence-electron chi connectivity index (χ3n) is 5.93. The number of methoxy groups -OCH3 is 1. The molecule has 3 aromatic carbocycles. The lowest BCUT2D eigenvalue weighted by atomic mass is 10.0. The number of ether oxygens (including phenoxy) is 2. The molecule has 6 nitrogen and oxygen atoms in total. The number of carbonyl (C=O) groups is 2. The normalized spacial score (nSPS) is 11.4.